The van der Waals surface area contributed by atoms with Crippen LogP contribution in [0.4, 0.5) is 0 Å². The van der Waals surface area contributed by atoms with E-state index in [2.05, 4.69) is 13.0 Å². The first kappa shape index (κ1) is 11.7. The minimum absolute atomic E-state index is 0.0607. The lowest BCUT2D eigenvalue weighted by Gasteiger charge is -2.48. The summed E-state index contributed by atoms with van der Waals surface area (Å²) in [5, 5.41) is 10.2. The highest BCUT2D eigenvalue weighted by Gasteiger charge is 2.65. The van der Waals surface area contributed by atoms with Crippen LogP contribution in [0.3, 0.4) is 0 Å². The molecule has 4 aliphatic rings. The van der Waals surface area contributed by atoms with Gasteiger partial charge in [0.2, 0.25) is 0 Å². The standard InChI is InChI=1S/C15H18O4/c1-8-9-5-11-14(2,6-10(9)19-13(8)17)4-3-12(16)15(11)7-18-15/h3-4,10-12,16H,5-7H2,1-2H3. The molecule has 4 heteroatoms. The van der Waals surface area contributed by atoms with E-state index in [0.717, 1.165) is 24.0 Å². The highest BCUT2D eigenvalue weighted by Crippen LogP contribution is 2.59. The Hall–Kier alpha value is -1.13. The molecule has 5 atom stereocenters. The molecule has 102 valence electrons. The summed E-state index contributed by atoms with van der Waals surface area (Å²) in [7, 11) is 0. The van der Waals surface area contributed by atoms with E-state index in [9.17, 15) is 9.90 Å². The molecule has 1 spiro atoms. The molecule has 1 saturated carbocycles. The second-order valence-electron chi connectivity index (χ2n) is 6.56. The highest BCUT2D eigenvalue weighted by molar-refractivity contribution is 5.91. The molecule has 19 heavy (non-hydrogen) atoms. The number of aliphatic hydroxyl groups excluding tert-OH is 1. The van der Waals surface area contributed by atoms with Crippen molar-refractivity contribution in [3.63, 3.8) is 0 Å². The molecule has 1 N–H and O–H groups in total. The van der Waals surface area contributed by atoms with Crippen LogP contribution in [0.1, 0.15) is 26.7 Å². The van der Waals surface area contributed by atoms with Crippen LogP contribution in [0.5, 0.6) is 0 Å². The average molecular weight is 262 g/mol. The van der Waals surface area contributed by atoms with Crippen LogP contribution < -0.4 is 0 Å². The molecule has 0 aromatic carbocycles. The molecular weight excluding hydrogens is 244 g/mol. The first-order valence-electron chi connectivity index (χ1n) is 6.88. The number of aliphatic hydroxyl groups is 1. The van der Waals surface area contributed by atoms with Crippen LogP contribution in [-0.2, 0) is 14.3 Å². The molecule has 2 fully saturated rings. The van der Waals surface area contributed by atoms with Crippen LogP contribution in [0.25, 0.3) is 0 Å². The van der Waals surface area contributed by atoms with Crippen molar-refractivity contribution in [1.29, 1.82) is 0 Å². The topological polar surface area (TPSA) is 59.1 Å². The third-order valence-electron chi connectivity index (χ3n) is 5.50. The predicted octanol–water partition coefficient (Wildman–Crippen LogP) is 1.34. The van der Waals surface area contributed by atoms with Gasteiger partial charge in [-0.15, -0.1) is 0 Å². The number of hydrogen-bond donors (Lipinski definition) is 1. The van der Waals surface area contributed by atoms with Gasteiger partial charge in [0.05, 0.1) is 6.61 Å². The van der Waals surface area contributed by atoms with Gasteiger partial charge in [-0.25, -0.2) is 4.79 Å². The molecule has 0 aromatic rings. The molecule has 0 radical (unpaired) electrons. The fraction of sp³-hybridized carbons (Fsp3) is 0.667. The Kier molecular flexibility index (Phi) is 2.03. The quantitative estimate of drug-likeness (QED) is 0.406. The number of carbonyl (C=O) groups excluding carboxylic acids is 1. The van der Waals surface area contributed by atoms with Gasteiger partial charge in [0.1, 0.15) is 17.8 Å². The summed E-state index contributed by atoms with van der Waals surface area (Å²) >= 11 is 0. The van der Waals surface area contributed by atoms with E-state index in [1.807, 2.05) is 13.0 Å². The zero-order valence-corrected chi connectivity index (χ0v) is 11.2. The fourth-order valence-electron chi connectivity index (χ4n) is 4.16. The van der Waals surface area contributed by atoms with E-state index in [1.54, 1.807) is 0 Å². The number of allylic oxidation sites excluding steroid dienone is 1. The van der Waals surface area contributed by atoms with Crippen molar-refractivity contribution in [1.82, 2.24) is 0 Å². The SMILES string of the molecule is CC1=C2CC3C(C)(C=CC(O)C34CO4)CC2OC1=O. The molecule has 2 heterocycles. The van der Waals surface area contributed by atoms with Gasteiger partial charge < -0.3 is 14.6 Å². The maximum atomic E-state index is 11.7. The molecule has 4 nitrogen and oxygen atoms in total. The zero-order chi connectivity index (χ0) is 13.4. The van der Waals surface area contributed by atoms with Crippen LogP contribution in [0, 0.1) is 11.3 Å². The van der Waals surface area contributed by atoms with Gasteiger partial charge in [-0.3, -0.25) is 0 Å². The number of fused-ring (bicyclic) bond motifs is 3. The number of ether oxygens (including phenoxy) is 2. The molecule has 0 aromatic heterocycles. The van der Waals surface area contributed by atoms with Crippen LogP contribution in [0.15, 0.2) is 23.3 Å². The maximum absolute atomic E-state index is 11.7. The number of hydrogen-bond acceptors (Lipinski definition) is 4. The highest BCUT2D eigenvalue weighted by atomic mass is 16.6. The van der Waals surface area contributed by atoms with E-state index in [0.29, 0.717) is 6.61 Å². The third-order valence-corrected chi connectivity index (χ3v) is 5.50. The number of rotatable bonds is 0. The summed E-state index contributed by atoms with van der Waals surface area (Å²) in [5.41, 5.74) is 1.39. The predicted molar refractivity (Wildman–Crippen MR) is 67.2 cm³/mol. The van der Waals surface area contributed by atoms with E-state index < -0.39 is 11.7 Å². The summed E-state index contributed by atoms with van der Waals surface area (Å²) in [5.74, 6) is 0.0493. The van der Waals surface area contributed by atoms with Gasteiger partial charge in [0, 0.05) is 11.5 Å². The summed E-state index contributed by atoms with van der Waals surface area (Å²) < 4.78 is 11.1. The first-order valence-corrected chi connectivity index (χ1v) is 6.88. The van der Waals surface area contributed by atoms with Crippen molar-refractivity contribution in [3.05, 3.63) is 23.3 Å². The van der Waals surface area contributed by atoms with Crippen molar-refractivity contribution in [2.45, 2.75) is 44.5 Å². The molecule has 0 bridgehead atoms. The Morgan fingerprint density at radius 1 is 1.47 bits per heavy atom. The lowest BCUT2D eigenvalue weighted by atomic mass is 9.57. The maximum Gasteiger partial charge on any atom is 0.334 e. The van der Waals surface area contributed by atoms with Crippen LogP contribution in [0.2, 0.25) is 0 Å². The van der Waals surface area contributed by atoms with Gasteiger partial charge in [0.25, 0.3) is 0 Å². The zero-order valence-electron chi connectivity index (χ0n) is 11.2. The average Bonchev–Trinajstić information content (AvgIpc) is 3.10. The van der Waals surface area contributed by atoms with Gasteiger partial charge in [0.15, 0.2) is 0 Å². The minimum atomic E-state index is -0.527. The molecular formula is C15H18O4. The van der Waals surface area contributed by atoms with E-state index >= 15 is 0 Å². The summed E-state index contributed by atoms with van der Waals surface area (Å²) in [6.45, 7) is 4.64. The largest absolute Gasteiger partial charge is 0.454 e. The van der Waals surface area contributed by atoms with E-state index in [4.69, 9.17) is 9.47 Å². The second-order valence-corrected chi connectivity index (χ2v) is 6.56. The van der Waals surface area contributed by atoms with Crippen molar-refractivity contribution < 1.29 is 19.4 Å². The Bertz CT molecular complexity index is 528. The van der Waals surface area contributed by atoms with Gasteiger partial charge >= 0.3 is 5.97 Å². The monoisotopic (exact) mass is 262 g/mol. The van der Waals surface area contributed by atoms with Crippen molar-refractivity contribution in [2.24, 2.45) is 11.3 Å². The number of esters is 1. The van der Waals surface area contributed by atoms with Gasteiger partial charge in [-0.1, -0.05) is 19.1 Å². The van der Waals surface area contributed by atoms with Gasteiger partial charge in [-0.05, 0) is 30.8 Å². The molecule has 2 aliphatic heterocycles. The first-order chi connectivity index (χ1) is 8.96. The smallest absolute Gasteiger partial charge is 0.334 e. The fourth-order valence-corrected chi connectivity index (χ4v) is 4.16. The Balaban J connectivity index is 1.78. The van der Waals surface area contributed by atoms with E-state index in [1.165, 1.54) is 0 Å². The van der Waals surface area contributed by atoms with E-state index in [-0.39, 0.29) is 23.4 Å². The molecule has 0 amide bonds. The summed E-state index contributed by atoms with van der Waals surface area (Å²) in [6, 6.07) is 0. The summed E-state index contributed by atoms with van der Waals surface area (Å²) in [4.78, 5) is 11.7. The van der Waals surface area contributed by atoms with Gasteiger partial charge in [-0.2, -0.15) is 0 Å². The normalized spacial score (nSPS) is 51.1. The lowest BCUT2D eigenvalue weighted by molar-refractivity contribution is -0.142. The van der Waals surface area contributed by atoms with Crippen LogP contribution in [-0.4, -0.2) is 35.5 Å². The van der Waals surface area contributed by atoms with Crippen molar-refractivity contribution >= 4 is 5.97 Å². The molecule has 4 rings (SSSR count). The van der Waals surface area contributed by atoms with Crippen molar-refractivity contribution in [3.8, 4) is 0 Å². The number of epoxide rings is 1. The molecule has 1 saturated heterocycles. The molecule has 5 unspecified atom stereocenters. The number of carbonyl (C=O) groups is 1. The lowest BCUT2D eigenvalue weighted by Crippen LogP contribution is -2.51. The second kappa shape index (κ2) is 3.30. The van der Waals surface area contributed by atoms with Crippen LogP contribution >= 0.6 is 0 Å². The Morgan fingerprint density at radius 2 is 2.21 bits per heavy atom. The third kappa shape index (κ3) is 1.33. The summed E-state index contributed by atoms with van der Waals surface area (Å²) in [6.07, 6.45) is 4.92. The Labute approximate surface area is 112 Å². The molecule has 2 aliphatic carbocycles. The minimum Gasteiger partial charge on any atom is -0.454 e. The van der Waals surface area contributed by atoms with Crippen molar-refractivity contribution in [2.75, 3.05) is 6.61 Å². The Morgan fingerprint density at radius 3 is 2.89 bits per heavy atom.